The Labute approximate surface area is 143 Å². The normalized spacial score (nSPS) is 19.5. The van der Waals surface area contributed by atoms with Gasteiger partial charge < -0.3 is 5.32 Å². The van der Waals surface area contributed by atoms with E-state index in [1.807, 2.05) is 13.0 Å². The third-order valence-electron chi connectivity index (χ3n) is 5.46. The predicted octanol–water partition coefficient (Wildman–Crippen LogP) is 4.27. The van der Waals surface area contributed by atoms with Gasteiger partial charge in [-0.2, -0.15) is 0 Å². The van der Waals surface area contributed by atoms with Gasteiger partial charge in [0.15, 0.2) is 5.78 Å². The largest absolute Gasteiger partial charge is 0.379 e. The molecule has 0 fully saturated rings. The van der Waals surface area contributed by atoms with Crippen molar-refractivity contribution in [2.75, 3.05) is 0 Å². The first-order chi connectivity index (χ1) is 11.2. The molecule has 2 aromatic rings. The highest BCUT2D eigenvalue weighted by atomic mass is 16.1. The van der Waals surface area contributed by atoms with Crippen LogP contribution >= 0.6 is 0 Å². The number of hydrogen-bond donors (Lipinski definition) is 1. The van der Waals surface area contributed by atoms with E-state index in [4.69, 9.17) is 0 Å². The van der Waals surface area contributed by atoms with Crippen molar-refractivity contribution in [1.29, 1.82) is 0 Å². The molecule has 3 heteroatoms. The Kier molecular flexibility index (Phi) is 3.83. The van der Waals surface area contributed by atoms with Crippen LogP contribution in [0.2, 0.25) is 0 Å². The number of aryl methyl sites for hydroxylation is 1. The highest BCUT2D eigenvalue weighted by molar-refractivity contribution is 6.09. The van der Waals surface area contributed by atoms with Crippen LogP contribution < -0.4 is 5.32 Å². The molecule has 0 atom stereocenters. The zero-order valence-corrected chi connectivity index (χ0v) is 15.0. The first-order valence-electron chi connectivity index (χ1n) is 8.29. The quantitative estimate of drug-likeness (QED) is 0.663. The third kappa shape index (κ3) is 2.54. The minimum absolute atomic E-state index is 0.00251. The maximum Gasteiger partial charge on any atom is 0.188 e. The van der Waals surface area contributed by atoms with Gasteiger partial charge in [-0.15, -0.1) is 0 Å². The molecule has 0 saturated heterocycles. The fourth-order valence-electron chi connectivity index (χ4n) is 3.23. The second-order valence-electron chi connectivity index (χ2n) is 7.53. The number of carbonyl (C=O) groups excluding carboxylic acids is 1. The molecular weight excluding hydrogens is 296 g/mol. The molecule has 2 heterocycles. The number of rotatable bonds is 2. The molecule has 3 rings (SSSR count). The molecule has 3 nitrogen and oxygen atoms in total. The molecule has 0 amide bonds. The van der Waals surface area contributed by atoms with Gasteiger partial charge in [-0.1, -0.05) is 38.1 Å². The number of aromatic nitrogens is 1. The summed E-state index contributed by atoms with van der Waals surface area (Å²) in [4.78, 5) is 16.8. The van der Waals surface area contributed by atoms with Gasteiger partial charge in [0, 0.05) is 46.2 Å². The van der Waals surface area contributed by atoms with Gasteiger partial charge in [0.25, 0.3) is 0 Å². The monoisotopic (exact) mass is 320 g/mol. The van der Waals surface area contributed by atoms with E-state index in [2.05, 4.69) is 56.2 Å². The highest BCUT2D eigenvalue weighted by Gasteiger charge is 2.44. The molecule has 0 bridgehead atoms. The van der Waals surface area contributed by atoms with E-state index < -0.39 is 0 Å². The molecule has 24 heavy (non-hydrogen) atoms. The number of carbonyl (C=O) groups is 1. The molecule has 0 aliphatic carbocycles. The minimum Gasteiger partial charge on any atom is -0.379 e. The molecule has 1 aliphatic heterocycles. The van der Waals surface area contributed by atoms with E-state index in [9.17, 15) is 4.79 Å². The Hall–Kier alpha value is -2.42. The lowest BCUT2D eigenvalue weighted by atomic mass is 9.65. The maximum atomic E-state index is 12.8. The summed E-state index contributed by atoms with van der Waals surface area (Å²) in [7, 11) is 0. The van der Waals surface area contributed by atoms with Crippen LogP contribution in [0.25, 0.3) is 5.70 Å². The van der Waals surface area contributed by atoms with Gasteiger partial charge >= 0.3 is 0 Å². The predicted molar refractivity (Wildman–Crippen MR) is 98.0 cm³/mol. The van der Waals surface area contributed by atoms with Crippen molar-refractivity contribution in [2.24, 2.45) is 0 Å². The van der Waals surface area contributed by atoms with Crippen molar-refractivity contribution < 1.29 is 4.79 Å². The second kappa shape index (κ2) is 5.59. The van der Waals surface area contributed by atoms with Crippen LogP contribution in [0.1, 0.15) is 54.7 Å². The number of ketones is 1. The van der Waals surface area contributed by atoms with Gasteiger partial charge in [0.2, 0.25) is 0 Å². The van der Waals surface area contributed by atoms with Crippen molar-refractivity contribution in [3.05, 3.63) is 71.1 Å². The van der Waals surface area contributed by atoms with Crippen molar-refractivity contribution in [2.45, 2.75) is 45.6 Å². The molecule has 1 N–H and O–H groups in total. The van der Waals surface area contributed by atoms with E-state index in [0.717, 1.165) is 16.8 Å². The van der Waals surface area contributed by atoms with E-state index >= 15 is 0 Å². The zero-order chi connectivity index (χ0) is 17.5. The molecule has 0 spiro atoms. The minimum atomic E-state index is -0.166. The molecule has 1 aromatic heterocycles. The Balaban J connectivity index is 2.12. The van der Waals surface area contributed by atoms with Crippen LogP contribution in [0.4, 0.5) is 0 Å². The van der Waals surface area contributed by atoms with Crippen LogP contribution in [0.3, 0.4) is 0 Å². The number of nitrogens with zero attached hydrogens (tertiary/aromatic N) is 1. The Morgan fingerprint density at radius 3 is 2.54 bits per heavy atom. The van der Waals surface area contributed by atoms with Crippen LogP contribution in [-0.2, 0) is 5.41 Å². The van der Waals surface area contributed by atoms with Crippen molar-refractivity contribution in [1.82, 2.24) is 10.3 Å². The summed E-state index contributed by atoms with van der Waals surface area (Å²) in [5, 5.41) is 3.58. The molecule has 124 valence electrons. The van der Waals surface area contributed by atoms with Gasteiger partial charge in [0.1, 0.15) is 0 Å². The summed E-state index contributed by atoms with van der Waals surface area (Å²) in [5.74, 6) is 0.00251. The molecule has 1 aliphatic rings. The smallest absolute Gasteiger partial charge is 0.188 e. The van der Waals surface area contributed by atoms with Crippen LogP contribution in [0, 0.1) is 6.92 Å². The highest BCUT2D eigenvalue weighted by Crippen LogP contribution is 2.43. The number of benzene rings is 1. The Morgan fingerprint density at radius 1 is 1.12 bits per heavy atom. The van der Waals surface area contributed by atoms with Crippen molar-refractivity contribution >= 4 is 11.5 Å². The van der Waals surface area contributed by atoms with Gasteiger partial charge in [0.05, 0.1) is 0 Å². The molecule has 0 unspecified atom stereocenters. The van der Waals surface area contributed by atoms with Crippen molar-refractivity contribution in [3.8, 4) is 0 Å². The first kappa shape index (κ1) is 16.4. The number of pyridine rings is 1. The fraction of sp³-hybridized carbons (Fsp3) is 0.333. The fourth-order valence-corrected chi connectivity index (χ4v) is 3.23. The maximum absolute atomic E-state index is 12.8. The summed E-state index contributed by atoms with van der Waals surface area (Å²) >= 11 is 0. The summed E-state index contributed by atoms with van der Waals surface area (Å²) in [6.07, 6.45) is 5.10. The summed E-state index contributed by atoms with van der Waals surface area (Å²) < 4.78 is 0. The molecule has 0 radical (unpaired) electrons. The summed E-state index contributed by atoms with van der Waals surface area (Å²) in [5.41, 5.74) is 4.62. The Morgan fingerprint density at radius 2 is 1.83 bits per heavy atom. The average molecular weight is 320 g/mol. The van der Waals surface area contributed by atoms with Gasteiger partial charge in [-0.3, -0.25) is 9.78 Å². The standard InChI is InChI=1S/C21H24N2O/c1-14-13-22-11-10-15(14)19(24)12-18-16-8-6-7-9-17(16)20(2,3)21(4,5)23-18/h6-13,23H,1-5H3/b18-12+. The molecule has 0 saturated carbocycles. The number of hydrogen-bond acceptors (Lipinski definition) is 3. The zero-order valence-electron chi connectivity index (χ0n) is 15.0. The lowest BCUT2D eigenvalue weighted by molar-refractivity contribution is 0.104. The number of nitrogens with one attached hydrogen (secondary N) is 1. The van der Waals surface area contributed by atoms with Gasteiger partial charge in [-0.25, -0.2) is 0 Å². The molecule has 1 aromatic carbocycles. The third-order valence-corrected chi connectivity index (χ3v) is 5.46. The Bertz CT molecular complexity index is 831. The SMILES string of the molecule is Cc1cnccc1C(=O)/C=C1/NC(C)(C)C(C)(C)c2ccccc21. The van der Waals surface area contributed by atoms with Gasteiger partial charge in [-0.05, 0) is 38.0 Å². The van der Waals surface area contributed by atoms with E-state index in [0.29, 0.717) is 5.56 Å². The summed E-state index contributed by atoms with van der Waals surface area (Å²) in [6.45, 7) is 10.8. The number of fused-ring (bicyclic) bond motifs is 1. The number of allylic oxidation sites excluding steroid dienone is 1. The molecular formula is C21H24N2O. The first-order valence-corrected chi connectivity index (χ1v) is 8.29. The topological polar surface area (TPSA) is 42.0 Å². The lowest BCUT2D eigenvalue weighted by Gasteiger charge is -2.49. The van der Waals surface area contributed by atoms with Crippen LogP contribution in [0.5, 0.6) is 0 Å². The average Bonchev–Trinajstić information content (AvgIpc) is 2.53. The van der Waals surface area contributed by atoms with Crippen LogP contribution in [-0.4, -0.2) is 16.3 Å². The lowest BCUT2D eigenvalue weighted by Crippen LogP contribution is -2.56. The second-order valence-corrected chi connectivity index (χ2v) is 7.53. The van der Waals surface area contributed by atoms with E-state index in [1.165, 1.54) is 5.56 Å². The van der Waals surface area contributed by atoms with E-state index in [-0.39, 0.29) is 16.7 Å². The van der Waals surface area contributed by atoms with Crippen molar-refractivity contribution in [3.63, 3.8) is 0 Å². The van der Waals surface area contributed by atoms with Crippen LogP contribution in [0.15, 0.2) is 48.8 Å². The summed E-state index contributed by atoms with van der Waals surface area (Å²) in [6, 6.07) is 10.1. The van der Waals surface area contributed by atoms with E-state index in [1.54, 1.807) is 24.5 Å².